The van der Waals surface area contributed by atoms with Crippen LogP contribution in [0.5, 0.6) is 0 Å². The van der Waals surface area contributed by atoms with Crippen molar-refractivity contribution in [3.63, 3.8) is 0 Å². The number of hydrogen-bond donors (Lipinski definition) is 0. The lowest BCUT2D eigenvalue weighted by Gasteiger charge is -2.26. The molecule has 250 valence electrons. The molecule has 0 heterocycles. The van der Waals surface area contributed by atoms with Crippen molar-refractivity contribution in [3.8, 4) is 55.6 Å². The number of benzene rings is 9. The van der Waals surface area contributed by atoms with Crippen LogP contribution in [0.2, 0.25) is 0 Å². The van der Waals surface area contributed by atoms with Crippen molar-refractivity contribution in [2.24, 2.45) is 0 Å². The Labute approximate surface area is 323 Å². The van der Waals surface area contributed by atoms with E-state index in [0.717, 1.165) is 44.2 Å². The minimum atomic E-state index is -0.396. The number of hydrogen-bond acceptors (Lipinski definition) is 1. The van der Waals surface area contributed by atoms with Crippen LogP contribution in [0, 0.1) is 0 Å². The van der Waals surface area contributed by atoms with E-state index < -0.39 is 24.2 Å². The average molecular weight is 684 g/mol. The first-order chi connectivity index (χ1) is 29.6. The maximum absolute atomic E-state index is 9.65. The molecule has 0 aromatic heterocycles. The third-order valence-electron chi connectivity index (χ3n) is 9.42. The highest BCUT2D eigenvalue weighted by Crippen LogP contribution is 2.41. The van der Waals surface area contributed by atoms with Crippen molar-refractivity contribution in [1.29, 1.82) is 0 Å². The third kappa shape index (κ3) is 6.53. The Hall–Kier alpha value is -6.96. The van der Waals surface area contributed by atoms with E-state index in [9.17, 15) is 11.0 Å². The van der Waals surface area contributed by atoms with Crippen molar-refractivity contribution in [2.45, 2.75) is 0 Å². The van der Waals surface area contributed by atoms with E-state index in [1.54, 1.807) is 18.2 Å². The molecule has 1 nitrogen and oxygen atoms in total. The molecule has 1 heteroatoms. The second kappa shape index (κ2) is 14.3. The molecular weight excluding hydrogens is 639 g/mol. The van der Waals surface area contributed by atoms with Gasteiger partial charge in [-0.25, -0.2) is 0 Å². The van der Waals surface area contributed by atoms with Crippen LogP contribution in [0.4, 0.5) is 17.1 Å². The van der Waals surface area contributed by atoms with E-state index >= 15 is 0 Å². The summed E-state index contributed by atoms with van der Waals surface area (Å²) in [6.07, 6.45) is 0. The Morgan fingerprint density at radius 1 is 0.302 bits per heavy atom. The highest BCUT2D eigenvalue weighted by atomic mass is 15.1. The van der Waals surface area contributed by atoms with Gasteiger partial charge in [0, 0.05) is 17.1 Å². The number of anilines is 3. The van der Waals surface area contributed by atoms with Gasteiger partial charge >= 0.3 is 0 Å². The van der Waals surface area contributed by atoms with Crippen LogP contribution in [0.25, 0.3) is 66.4 Å². The SMILES string of the molecule is [2H]c1c([2H])c(N(c2ccc(-c3ccccc3)cc2)c2c([2H])c([2H])c(-c3ccc4ccccc4c3-c3ccccc3)c([2H])c2[2H])c([2H])c([2H])c1-c1cccc(-c2ccccc2)c1. The largest absolute Gasteiger partial charge is 0.311 e. The summed E-state index contributed by atoms with van der Waals surface area (Å²) in [5.41, 5.74) is 6.42. The maximum Gasteiger partial charge on any atom is 0.0645 e. The molecule has 0 amide bonds. The van der Waals surface area contributed by atoms with Crippen molar-refractivity contribution in [1.82, 2.24) is 0 Å². The average Bonchev–Trinajstić information content (AvgIpc) is 3.31. The molecule has 0 unspecified atom stereocenters. The van der Waals surface area contributed by atoms with Crippen molar-refractivity contribution in [3.05, 3.63) is 224 Å². The van der Waals surface area contributed by atoms with Gasteiger partial charge in [-0.2, -0.15) is 0 Å². The number of nitrogens with zero attached hydrogens (tertiary/aromatic N) is 1. The molecular formula is C52H37N. The monoisotopic (exact) mass is 683 g/mol. The van der Waals surface area contributed by atoms with E-state index in [1.165, 1.54) is 4.90 Å². The molecule has 0 spiro atoms. The van der Waals surface area contributed by atoms with E-state index in [-0.39, 0.29) is 46.7 Å². The van der Waals surface area contributed by atoms with Gasteiger partial charge in [0.2, 0.25) is 0 Å². The third-order valence-corrected chi connectivity index (χ3v) is 9.42. The highest BCUT2D eigenvalue weighted by molar-refractivity contribution is 6.04. The van der Waals surface area contributed by atoms with Crippen molar-refractivity contribution in [2.75, 3.05) is 4.90 Å². The first-order valence-corrected chi connectivity index (χ1v) is 17.5. The first kappa shape index (κ1) is 24.3. The van der Waals surface area contributed by atoms with Gasteiger partial charge in [0.25, 0.3) is 0 Å². The molecule has 0 aliphatic rings. The molecule has 0 aliphatic heterocycles. The second-order valence-electron chi connectivity index (χ2n) is 12.7. The first-order valence-electron chi connectivity index (χ1n) is 21.5. The molecule has 0 saturated heterocycles. The van der Waals surface area contributed by atoms with Gasteiger partial charge in [-0.1, -0.05) is 182 Å². The summed E-state index contributed by atoms with van der Waals surface area (Å²) in [5.74, 6) is 0. The molecule has 0 fully saturated rings. The summed E-state index contributed by atoms with van der Waals surface area (Å²) in [5, 5.41) is 1.85. The van der Waals surface area contributed by atoms with Crippen LogP contribution < -0.4 is 4.90 Å². The van der Waals surface area contributed by atoms with Gasteiger partial charge in [0.05, 0.1) is 11.0 Å². The van der Waals surface area contributed by atoms with Crippen LogP contribution in [-0.4, -0.2) is 0 Å². The van der Waals surface area contributed by atoms with Crippen LogP contribution in [-0.2, 0) is 0 Å². The van der Waals surface area contributed by atoms with Crippen LogP contribution in [0.3, 0.4) is 0 Å². The molecule has 0 radical (unpaired) electrons. The van der Waals surface area contributed by atoms with Crippen LogP contribution in [0.15, 0.2) is 224 Å². The van der Waals surface area contributed by atoms with Gasteiger partial charge in [-0.05, 0) is 109 Å². The highest BCUT2D eigenvalue weighted by Gasteiger charge is 2.16. The summed E-state index contributed by atoms with van der Waals surface area (Å²) in [6.45, 7) is 0. The summed E-state index contributed by atoms with van der Waals surface area (Å²) in [7, 11) is 0. The Kier molecular flexibility index (Phi) is 6.57. The predicted molar refractivity (Wildman–Crippen MR) is 226 cm³/mol. The minimum Gasteiger partial charge on any atom is -0.311 e. The Morgan fingerprint density at radius 3 is 1.40 bits per heavy atom. The quantitative estimate of drug-likeness (QED) is 0.154. The van der Waals surface area contributed by atoms with Gasteiger partial charge in [-0.15, -0.1) is 0 Å². The second-order valence-corrected chi connectivity index (χ2v) is 12.7. The fraction of sp³-hybridized carbons (Fsp3) is 0. The fourth-order valence-electron chi connectivity index (χ4n) is 6.80. The molecule has 53 heavy (non-hydrogen) atoms. The molecule has 9 rings (SSSR count). The minimum absolute atomic E-state index is 0.107. The van der Waals surface area contributed by atoms with Gasteiger partial charge < -0.3 is 4.90 Å². The zero-order valence-corrected chi connectivity index (χ0v) is 28.7. The number of fused-ring (bicyclic) bond motifs is 1. The molecule has 0 bridgehead atoms. The van der Waals surface area contributed by atoms with Crippen molar-refractivity contribution >= 4 is 27.8 Å². The van der Waals surface area contributed by atoms with E-state index in [2.05, 4.69) is 0 Å². The fourth-order valence-corrected chi connectivity index (χ4v) is 6.80. The molecule has 0 aliphatic carbocycles. The summed E-state index contributed by atoms with van der Waals surface area (Å²) < 4.78 is 76.3. The van der Waals surface area contributed by atoms with Crippen LogP contribution in [0.1, 0.15) is 11.0 Å². The topological polar surface area (TPSA) is 3.24 Å². The number of rotatable bonds is 8. The Balaban J connectivity index is 1.28. The lowest BCUT2D eigenvalue weighted by atomic mass is 9.90. The normalized spacial score (nSPS) is 13.1. The Morgan fingerprint density at radius 2 is 0.774 bits per heavy atom. The van der Waals surface area contributed by atoms with Crippen LogP contribution >= 0.6 is 0 Å². The summed E-state index contributed by atoms with van der Waals surface area (Å²) in [4.78, 5) is 1.35. The van der Waals surface area contributed by atoms with E-state index in [0.29, 0.717) is 16.8 Å². The van der Waals surface area contributed by atoms with Gasteiger partial charge in [-0.3, -0.25) is 0 Å². The standard InChI is InChI=1S/C52H37N/c1-4-13-38(14-5-1)40-23-30-47(31-24-40)53(48-32-25-41(26-33-48)46-21-12-20-45(37-46)39-15-6-2-7-16-39)49-34-27-43(28-35-49)51-36-29-42-17-10-11-22-50(42)52(51)44-18-8-3-9-19-44/h1-37H/i25D,26D,27D,28D,32D,33D,34D,35D. The zero-order chi connectivity index (χ0) is 42.4. The molecule has 0 N–H and O–H groups in total. The summed E-state index contributed by atoms with van der Waals surface area (Å²) >= 11 is 0. The lowest BCUT2D eigenvalue weighted by molar-refractivity contribution is 1.28. The molecule has 9 aromatic carbocycles. The summed E-state index contributed by atoms with van der Waals surface area (Å²) in [6, 6.07) is 52.4. The maximum atomic E-state index is 9.65. The van der Waals surface area contributed by atoms with Gasteiger partial charge in [0.15, 0.2) is 0 Å². The van der Waals surface area contributed by atoms with E-state index in [1.807, 2.05) is 158 Å². The zero-order valence-electron chi connectivity index (χ0n) is 36.7. The lowest BCUT2D eigenvalue weighted by Crippen LogP contribution is -2.09. The van der Waals surface area contributed by atoms with Crippen molar-refractivity contribution < 1.29 is 11.0 Å². The molecule has 0 saturated carbocycles. The predicted octanol–water partition coefficient (Wildman–Crippen LogP) is 14.6. The Bertz CT molecular complexity index is 3040. The molecule has 9 aromatic rings. The van der Waals surface area contributed by atoms with Gasteiger partial charge in [0.1, 0.15) is 0 Å². The molecule has 0 atom stereocenters. The van der Waals surface area contributed by atoms with E-state index in [4.69, 9.17) is 0 Å². The smallest absolute Gasteiger partial charge is 0.0645 e.